The molecule has 2 aromatic heterocycles. The maximum absolute atomic E-state index is 14.3. The molecule has 0 radical (unpaired) electrons. The molecule has 1 atom stereocenters. The summed E-state index contributed by atoms with van der Waals surface area (Å²) in [6, 6.07) is 6.87. The summed E-state index contributed by atoms with van der Waals surface area (Å²) in [7, 11) is 0. The second-order valence-electron chi connectivity index (χ2n) is 8.91. The van der Waals surface area contributed by atoms with E-state index in [9.17, 15) is 27.5 Å². The molecule has 2 aromatic carbocycles. The normalized spacial score (nSPS) is 15.4. The number of halogens is 4. The van der Waals surface area contributed by atoms with E-state index in [4.69, 9.17) is 9.72 Å². The van der Waals surface area contributed by atoms with Crippen LogP contribution in [-0.2, 0) is 10.9 Å². The van der Waals surface area contributed by atoms with Gasteiger partial charge in [0.25, 0.3) is 0 Å². The minimum atomic E-state index is -4.65. The Balaban J connectivity index is 1.71. The van der Waals surface area contributed by atoms with E-state index < -0.39 is 35.3 Å². The fraction of sp³-hybridized carbons (Fsp3) is 0.320. The van der Waals surface area contributed by atoms with Crippen LogP contribution in [0.3, 0.4) is 0 Å². The van der Waals surface area contributed by atoms with Gasteiger partial charge in [0.1, 0.15) is 17.0 Å². The van der Waals surface area contributed by atoms with Gasteiger partial charge in [0.2, 0.25) is 5.95 Å². The molecule has 0 saturated carbocycles. The smallest absolute Gasteiger partial charge is 0.434 e. The van der Waals surface area contributed by atoms with E-state index in [-0.39, 0.29) is 11.3 Å². The van der Waals surface area contributed by atoms with Gasteiger partial charge in [-0.15, -0.1) is 0 Å². The summed E-state index contributed by atoms with van der Waals surface area (Å²) in [6.07, 6.45) is -3.70. The van der Waals surface area contributed by atoms with Crippen LogP contribution in [-0.4, -0.2) is 51.7 Å². The van der Waals surface area contributed by atoms with Gasteiger partial charge in [-0.25, -0.2) is 19.2 Å². The van der Waals surface area contributed by atoms with Crippen molar-refractivity contribution in [1.29, 1.82) is 0 Å². The van der Waals surface area contributed by atoms with Gasteiger partial charge in [0, 0.05) is 30.2 Å². The van der Waals surface area contributed by atoms with E-state index in [0.717, 1.165) is 17.8 Å². The number of fused-ring (bicyclic) bond motifs is 3. The zero-order valence-corrected chi connectivity index (χ0v) is 19.9. The number of aromatic carboxylic acids is 1. The number of hydrogen-bond acceptors (Lipinski definition) is 6. The van der Waals surface area contributed by atoms with Crippen LogP contribution < -0.4 is 10.2 Å². The van der Waals surface area contributed by atoms with E-state index in [1.165, 1.54) is 16.5 Å². The Hall–Kier alpha value is -3.93. The number of nitrogens with one attached hydrogen (secondary N) is 1. The molecule has 37 heavy (non-hydrogen) atoms. The molecule has 8 nitrogen and oxygen atoms in total. The Bertz CT molecular complexity index is 1510. The lowest BCUT2D eigenvalue weighted by Gasteiger charge is -2.29. The zero-order valence-electron chi connectivity index (χ0n) is 19.9. The highest BCUT2D eigenvalue weighted by Crippen LogP contribution is 2.36. The molecule has 1 aliphatic rings. The first-order valence-corrected chi connectivity index (χ1v) is 11.6. The third-order valence-corrected chi connectivity index (χ3v) is 6.31. The summed E-state index contributed by atoms with van der Waals surface area (Å²) < 4.78 is 61.9. The Labute approximate surface area is 208 Å². The molecular formula is C25H23F4N5O3. The van der Waals surface area contributed by atoms with E-state index >= 15 is 0 Å². The van der Waals surface area contributed by atoms with Crippen LogP contribution in [0.1, 0.15) is 40.1 Å². The number of benzene rings is 2. The molecule has 3 heterocycles. The third-order valence-electron chi connectivity index (χ3n) is 6.31. The first kappa shape index (κ1) is 24.8. The molecular weight excluding hydrogens is 494 g/mol. The lowest BCUT2D eigenvalue weighted by atomic mass is 10.0. The molecule has 0 amide bonds. The highest BCUT2D eigenvalue weighted by Gasteiger charge is 2.35. The van der Waals surface area contributed by atoms with Crippen molar-refractivity contribution < 1.29 is 32.2 Å². The van der Waals surface area contributed by atoms with Crippen molar-refractivity contribution in [2.24, 2.45) is 0 Å². The summed E-state index contributed by atoms with van der Waals surface area (Å²) in [5.41, 5.74) is 0.400. The molecule has 5 rings (SSSR count). The molecule has 12 heteroatoms. The quantitative estimate of drug-likeness (QED) is 0.358. The molecule has 2 N–H and O–H groups in total. The minimum Gasteiger partial charge on any atom is -0.478 e. The van der Waals surface area contributed by atoms with Crippen LogP contribution in [0.25, 0.3) is 16.6 Å². The summed E-state index contributed by atoms with van der Waals surface area (Å²) in [6.45, 7) is 5.22. The third kappa shape index (κ3) is 4.52. The zero-order chi connectivity index (χ0) is 26.5. The lowest BCUT2D eigenvalue weighted by molar-refractivity contribution is -0.140. The van der Waals surface area contributed by atoms with E-state index in [0.29, 0.717) is 48.7 Å². The highest BCUT2D eigenvalue weighted by molar-refractivity contribution is 5.97. The Morgan fingerprint density at radius 2 is 1.92 bits per heavy atom. The number of carboxylic acid groups (broad SMARTS) is 1. The van der Waals surface area contributed by atoms with Gasteiger partial charge in [0.05, 0.1) is 30.5 Å². The number of aryl methyl sites for hydroxylation is 1. The standard InChI is InChI=1S/C25H23F4N5O3/c1-13-10-15(14(2)30-18-5-3-4-17(26)20(18)23(35)36)21-16(11-13)22-31-19(25(27,28)29)12-34(22)24(32-21)33-6-8-37-9-7-33/h3-5,10-12,14,30H,6-9H2,1-2H3,(H,35,36). The van der Waals surface area contributed by atoms with Crippen LogP contribution in [0, 0.1) is 12.7 Å². The molecule has 0 spiro atoms. The van der Waals surface area contributed by atoms with Crippen LogP contribution in [0.4, 0.5) is 29.2 Å². The molecule has 194 valence electrons. The monoisotopic (exact) mass is 517 g/mol. The number of carbonyl (C=O) groups is 1. The van der Waals surface area contributed by atoms with Gasteiger partial charge < -0.3 is 20.1 Å². The first-order chi connectivity index (χ1) is 17.5. The van der Waals surface area contributed by atoms with Crippen molar-refractivity contribution in [2.45, 2.75) is 26.1 Å². The molecule has 1 aliphatic heterocycles. The van der Waals surface area contributed by atoms with Gasteiger partial charge in [-0.2, -0.15) is 13.2 Å². The number of imidazole rings is 1. The SMILES string of the molecule is Cc1cc(C(C)Nc2cccc(F)c2C(=O)O)c2nc(N3CCOCC3)n3cc(C(F)(F)F)nc3c2c1. The average Bonchev–Trinajstić information content (AvgIpc) is 3.30. The van der Waals surface area contributed by atoms with Crippen molar-refractivity contribution in [3.05, 3.63) is 64.7 Å². The lowest BCUT2D eigenvalue weighted by Crippen LogP contribution is -2.38. The van der Waals surface area contributed by atoms with Gasteiger partial charge in [-0.05, 0) is 37.6 Å². The predicted molar refractivity (Wildman–Crippen MR) is 129 cm³/mol. The number of aromatic nitrogens is 3. The fourth-order valence-corrected chi connectivity index (χ4v) is 4.60. The maximum atomic E-state index is 14.3. The Morgan fingerprint density at radius 3 is 2.59 bits per heavy atom. The van der Waals surface area contributed by atoms with Crippen molar-refractivity contribution in [1.82, 2.24) is 14.4 Å². The molecule has 1 unspecified atom stereocenters. The number of anilines is 2. The summed E-state index contributed by atoms with van der Waals surface area (Å²) >= 11 is 0. The Kier molecular flexibility index (Phi) is 6.14. The van der Waals surface area contributed by atoms with Crippen molar-refractivity contribution in [2.75, 3.05) is 36.5 Å². The Morgan fingerprint density at radius 1 is 1.19 bits per heavy atom. The summed E-state index contributed by atoms with van der Waals surface area (Å²) in [4.78, 5) is 22.2. The molecule has 1 saturated heterocycles. The number of carboxylic acids is 1. The van der Waals surface area contributed by atoms with Crippen molar-refractivity contribution in [3.8, 4) is 0 Å². The number of morpholine rings is 1. The molecule has 0 aliphatic carbocycles. The van der Waals surface area contributed by atoms with Crippen LogP contribution in [0.15, 0.2) is 36.5 Å². The van der Waals surface area contributed by atoms with Crippen LogP contribution >= 0.6 is 0 Å². The second-order valence-corrected chi connectivity index (χ2v) is 8.91. The topological polar surface area (TPSA) is 92.0 Å². The maximum Gasteiger partial charge on any atom is 0.434 e. The van der Waals surface area contributed by atoms with E-state index in [1.807, 2.05) is 11.0 Å². The first-order valence-electron chi connectivity index (χ1n) is 11.6. The van der Waals surface area contributed by atoms with Gasteiger partial charge in [-0.1, -0.05) is 12.1 Å². The molecule has 0 bridgehead atoms. The van der Waals surface area contributed by atoms with Gasteiger partial charge in [0.15, 0.2) is 5.69 Å². The second kappa shape index (κ2) is 9.18. The van der Waals surface area contributed by atoms with E-state index in [2.05, 4.69) is 10.3 Å². The average molecular weight is 517 g/mol. The van der Waals surface area contributed by atoms with Crippen LogP contribution in [0.2, 0.25) is 0 Å². The number of alkyl halides is 3. The van der Waals surface area contributed by atoms with Crippen LogP contribution in [0.5, 0.6) is 0 Å². The number of nitrogens with zero attached hydrogens (tertiary/aromatic N) is 4. The van der Waals surface area contributed by atoms with Gasteiger partial charge in [-0.3, -0.25) is 4.40 Å². The van der Waals surface area contributed by atoms with E-state index in [1.54, 1.807) is 19.9 Å². The summed E-state index contributed by atoms with van der Waals surface area (Å²) in [5.74, 6) is -2.01. The number of rotatable bonds is 5. The van der Waals surface area contributed by atoms with Crippen molar-refractivity contribution >= 4 is 34.2 Å². The molecule has 4 aromatic rings. The largest absolute Gasteiger partial charge is 0.478 e. The minimum absolute atomic E-state index is 0.0734. The fourth-order valence-electron chi connectivity index (χ4n) is 4.60. The number of hydrogen-bond donors (Lipinski definition) is 2. The number of ether oxygens (including phenoxy) is 1. The predicted octanol–water partition coefficient (Wildman–Crippen LogP) is 5.06. The van der Waals surface area contributed by atoms with Crippen molar-refractivity contribution in [3.63, 3.8) is 0 Å². The molecule has 1 fully saturated rings. The summed E-state index contributed by atoms with van der Waals surface area (Å²) in [5, 5.41) is 13.0. The van der Waals surface area contributed by atoms with Gasteiger partial charge >= 0.3 is 12.1 Å². The highest BCUT2D eigenvalue weighted by atomic mass is 19.4.